The Bertz CT molecular complexity index is 966. The molecule has 6 nitrogen and oxygen atoms in total. The number of rotatable bonds is 51. The van der Waals surface area contributed by atoms with Crippen LogP contribution in [0.5, 0.6) is 0 Å². The van der Waals surface area contributed by atoms with E-state index in [2.05, 4.69) is 43.5 Å². The van der Waals surface area contributed by atoms with Crippen molar-refractivity contribution in [2.75, 3.05) is 13.2 Å². The molecule has 0 saturated carbocycles. The maximum Gasteiger partial charge on any atom is 0.305 e. The minimum atomic E-state index is -0.681. The summed E-state index contributed by atoms with van der Waals surface area (Å²) >= 11 is 0. The second-order valence-electron chi connectivity index (χ2n) is 18.9. The number of unbranched alkanes of at least 4 members (excludes halogenated alkanes) is 36. The van der Waals surface area contributed by atoms with Gasteiger partial charge in [0.15, 0.2) is 0 Å². The van der Waals surface area contributed by atoms with Gasteiger partial charge in [-0.3, -0.25) is 9.59 Å². The van der Waals surface area contributed by atoms with Crippen molar-refractivity contribution in [3.63, 3.8) is 0 Å². The van der Waals surface area contributed by atoms with Crippen molar-refractivity contribution in [3.05, 3.63) is 24.3 Å². The van der Waals surface area contributed by atoms with Gasteiger partial charge in [0, 0.05) is 12.8 Å². The molecule has 0 fully saturated rings. The smallest absolute Gasteiger partial charge is 0.305 e. The van der Waals surface area contributed by atoms with E-state index in [9.17, 15) is 19.8 Å². The number of nitrogens with one attached hydrogen (secondary N) is 1. The summed E-state index contributed by atoms with van der Waals surface area (Å²) in [4.78, 5) is 24.5. The predicted octanol–water partition coefficient (Wildman–Crippen LogP) is 16.7. The topological polar surface area (TPSA) is 95.9 Å². The molecule has 0 aromatic rings. The highest BCUT2D eigenvalue weighted by Gasteiger charge is 2.20. The van der Waals surface area contributed by atoms with Crippen molar-refractivity contribution in [1.82, 2.24) is 5.32 Å². The van der Waals surface area contributed by atoms with Gasteiger partial charge < -0.3 is 20.3 Å². The molecule has 1 amide bonds. The van der Waals surface area contributed by atoms with Gasteiger partial charge in [-0.2, -0.15) is 0 Å². The minimum absolute atomic E-state index is 0.0324. The van der Waals surface area contributed by atoms with Gasteiger partial charge in [-0.25, -0.2) is 0 Å². The van der Waals surface area contributed by atoms with E-state index in [1.165, 1.54) is 186 Å². The zero-order valence-corrected chi connectivity index (χ0v) is 41.6. The van der Waals surface area contributed by atoms with Crippen molar-refractivity contribution in [2.45, 2.75) is 309 Å². The Hall–Kier alpha value is -1.66. The van der Waals surface area contributed by atoms with Crippen molar-refractivity contribution in [1.29, 1.82) is 0 Å². The van der Waals surface area contributed by atoms with Gasteiger partial charge >= 0.3 is 5.97 Å². The third kappa shape index (κ3) is 47.8. The van der Waals surface area contributed by atoms with E-state index in [1.807, 2.05) is 0 Å². The molecule has 0 aromatic heterocycles. The summed E-state index contributed by atoms with van der Waals surface area (Å²) < 4.78 is 5.43. The summed E-state index contributed by atoms with van der Waals surface area (Å²) in [6.45, 7) is 4.88. The fourth-order valence-electron chi connectivity index (χ4n) is 8.45. The highest BCUT2D eigenvalue weighted by atomic mass is 16.5. The van der Waals surface area contributed by atoms with E-state index < -0.39 is 12.1 Å². The average Bonchev–Trinajstić information content (AvgIpc) is 3.27. The molecular formula is C56H107NO5. The Morgan fingerprint density at radius 1 is 0.435 bits per heavy atom. The van der Waals surface area contributed by atoms with Gasteiger partial charge in [0.1, 0.15) is 0 Å². The van der Waals surface area contributed by atoms with Crippen LogP contribution in [0.4, 0.5) is 0 Å². The first-order valence-corrected chi connectivity index (χ1v) is 27.6. The number of hydrogen-bond acceptors (Lipinski definition) is 5. The van der Waals surface area contributed by atoms with Crippen LogP contribution >= 0.6 is 0 Å². The molecule has 0 rings (SSSR count). The summed E-state index contributed by atoms with van der Waals surface area (Å²) in [5.41, 5.74) is 0. The van der Waals surface area contributed by atoms with Crippen LogP contribution in [0, 0.1) is 0 Å². The zero-order valence-electron chi connectivity index (χ0n) is 41.6. The van der Waals surface area contributed by atoms with Gasteiger partial charge in [0.05, 0.1) is 25.4 Å². The van der Waals surface area contributed by atoms with Gasteiger partial charge in [-0.1, -0.05) is 224 Å². The molecule has 0 aliphatic rings. The Morgan fingerprint density at radius 3 is 1.18 bits per heavy atom. The molecule has 2 atom stereocenters. The summed E-state index contributed by atoms with van der Waals surface area (Å²) in [6.07, 6.45) is 61.6. The molecule has 62 heavy (non-hydrogen) atoms. The van der Waals surface area contributed by atoms with Crippen LogP contribution in [0.3, 0.4) is 0 Å². The SMILES string of the molecule is CCCCC/C=C\CCCCCCCC(=O)OCCCCC/C=C\CCCCCCCC(=O)NC(CO)C(O)CCCCCCCCCCCCCCCCCCCCCCC. The van der Waals surface area contributed by atoms with Crippen LogP contribution in [0.15, 0.2) is 24.3 Å². The van der Waals surface area contributed by atoms with Crippen LogP contribution < -0.4 is 5.32 Å². The number of aliphatic hydroxyl groups is 2. The quantitative estimate of drug-likeness (QED) is 0.0321. The van der Waals surface area contributed by atoms with E-state index in [1.54, 1.807) is 0 Å². The summed E-state index contributed by atoms with van der Waals surface area (Å²) in [5, 5.41) is 23.3. The molecule has 0 aliphatic carbocycles. The molecule has 0 bridgehead atoms. The molecule has 0 heterocycles. The lowest BCUT2D eigenvalue weighted by molar-refractivity contribution is -0.143. The number of allylic oxidation sites excluding steroid dienone is 4. The standard InChI is InChI=1S/C56H107NO5/c1-3-5-7-9-11-13-15-17-18-19-20-21-22-23-24-25-28-32-36-40-44-48-54(59)53(52-58)57-55(60)49-45-41-37-33-29-26-27-31-35-39-43-47-51-62-56(61)50-46-42-38-34-30-16-14-12-10-8-6-4-2/h12,14,27,31,53-54,58-59H,3-11,13,15-26,28-30,32-52H2,1-2H3,(H,57,60)/b14-12-,31-27-. The number of carbonyl (C=O) groups is 2. The third-order valence-corrected chi connectivity index (χ3v) is 12.7. The first kappa shape index (κ1) is 60.3. The Kier molecular flexibility index (Phi) is 50.6. The van der Waals surface area contributed by atoms with Crippen molar-refractivity contribution < 1.29 is 24.5 Å². The van der Waals surface area contributed by atoms with Crippen LogP contribution in [0.25, 0.3) is 0 Å². The second-order valence-corrected chi connectivity index (χ2v) is 18.9. The maximum atomic E-state index is 12.5. The number of amides is 1. The summed E-state index contributed by atoms with van der Waals surface area (Å²) in [6, 6.07) is -0.561. The number of hydrogen-bond donors (Lipinski definition) is 3. The average molecular weight is 874 g/mol. The van der Waals surface area contributed by atoms with E-state index in [-0.39, 0.29) is 18.5 Å². The first-order chi connectivity index (χ1) is 30.5. The second kappa shape index (κ2) is 52.0. The molecule has 0 radical (unpaired) electrons. The van der Waals surface area contributed by atoms with Gasteiger partial charge in [-0.05, 0) is 83.5 Å². The van der Waals surface area contributed by atoms with E-state index in [4.69, 9.17) is 4.74 Å². The highest BCUT2D eigenvalue weighted by Crippen LogP contribution is 2.17. The molecule has 2 unspecified atom stereocenters. The largest absolute Gasteiger partial charge is 0.466 e. The lowest BCUT2D eigenvalue weighted by Crippen LogP contribution is -2.45. The normalized spacial score (nSPS) is 12.8. The number of carbonyl (C=O) groups excluding carboxylic acids is 2. The summed E-state index contributed by atoms with van der Waals surface area (Å²) in [7, 11) is 0. The molecule has 3 N–H and O–H groups in total. The van der Waals surface area contributed by atoms with Gasteiger partial charge in [0.2, 0.25) is 5.91 Å². The minimum Gasteiger partial charge on any atom is -0.466 e. The fraction of sp³-hybridized carbons (Fsp3) is 0.893. The van der Waals surface area contributed by atoms with Crippen molar-refractivity contribution >= 4 is 11.9 Å². The lowest BCUT2D eigenvalue weighted by Gasteiger charge is -2.22. The molecule has 0 aliphatic heterocycles. The molecule has 0 spiro atoms. The molecule has 0 aromatic carbocycles. The number of esters is 1. The van der Waals surface area contributed by atoms with Gasteiger partial charge in [-0.15, -0.1) is 0 Å². The number of aliphatic hydroxyl groups excluding tert-OH is 2. The molecule has 0 saturated heterocycles. The monoisotopic (exact) mass is 874 g/mol. The fourth-order valence-corrected chi connectivity index (χ4v) is 8.45. The first-order valence-electron chi connectivity index (χ1n) is 27.6. The molecule has 6 heteroatoms. The van der Waals surface area contributed by atoms with Crippen LogP contribution in [0.2, 0.25) is 0 Å². The molecule has 366 valence electrons. The Labute approximate surface area is 386 Å². The number of ether oxygens (including phenoxy) is 1. The van der Waals surface area contributed by atoms with Crippen molar-refractivity contribution in [3.8, 4) is 0 Å². The lowest BCUT2D eigenvalue weighted by atomic mass is 10.0. The van der Waals surface area contributed by atoms with Crippen LogP contribution in [0.1, 0.15) is 296 Å². The molecular weight excluding hydrogens is 767 g/mol. The van der Waals surface area contributed by atoms with Crippen LogP contribution in [-0.4, -0.2) is 47.4 Å². The third-order valence-electron chi connectivity index (χ3n) is 12.7. The van der Waals surface area contributed by atoms with Crippen LogP contribution in [-0.2, 0) is 14.3 Å². The van der Waals surface area contributed by atoms with Gasteiger partial charge in [0.25, 0.3) is 0 Å². The van der Waals surface area contributed by atoms with E-state index in [0.717, 1.165) is 77.0 Å². The van der Waals surface area contributed by atoms with E-state index >= 15 is 0 Å². The highest BCUT2D eigenvalue weighted by molar-refractivity contribution is 5.76. The van der Waals surface area contributed by atoms with Crippen molar-refractivity contribution in [2.24, 2.45) is 0 Å². The van der Waals surface area contributed by atoms with E-state index in [0.29, 0.717) is 25.9 Å². The predicted molar refractivity (Wildman–Crippen MR) is 269 cm³/mol. The maximum absolute atomic E-state index is 12.5. The summed E-state index contributed by atoms with van der Waals surface area (Å²) in [5.74, 6) is -0.0915. The Morgan fingerprint density at radius 2 is 0.758 bits per heavy atom. The Balaban J connectivity index is 3.51. The zero-order chi connectivity index (χ0) is 45.1.